The first-order chi connectivity index (χ1) is 14.8. The quantitative estimate of drug-likeness (QED) is 0.357. The topological polar surface area (TPSA) is 175 Å². The minimum atomic E-state index is -4.89. The van der Waals surface area contributed by atoms with Crippen molar-refractivity contribution in [2.45, 2.75) is 70.2 Å². The lowest BCUT2D eigenvalue weighted by molar-refractivity contribution is -0.133. The van der Waals surface area contributed by atoms with E-state index >= 15 is 0 Å². The molecule has 15 heteroatoms. The van der Waals surface area contributed by atoms with Crippen molar-refractivity contribution in [2.24, 2.45) is 0 Å². The SMILES string of the molecule is CC(C)(C)OC(=O)N1CCC[C@H]1C(=O)NNC(=O)C1CCC2CN1C(=O)N2OS(=O)(=O)O. The van der Waals surface area contributed by atoms with Crippen LogP contribution in [0.15, 0.2) is 0 Å². The molecule has 0 aromatic heterocycles. The van der Waals surface area contributed by atoms with Crippen LogP contribution in [-0.2, 0) is 29.0 Å². The molecular formula is C17H27N5O9S. The number of amides is 5. The van der Waals surface area contributed by atoms with Crippen LogP contribution in [0.2, 0.25) is 0 Å². The Morgan fingerprint density at radius 3 is 2.28 bits per heavy atom. The predicted molar refractivity (Wildman–Crippen MR) is 106 cm³/mol. The number of carbonyl (C=O) groups is 4. The van der Waals surface area contributed by atoms with Gasteiger partial charge in [-0.15, -0.1) is 4.28 Å². The highest BCUT2D eigenvalue weighted by atomic mass is 32.3. The van der Waals surface area contributed by atoms with Gasteiger partial charge in [-0.3, -0.25) is 29.9 Å². The van der Waals surface area contributed by atoms with Crippen molar-refractivity contribution in [2.75, 3.05) is 13.1 Å². The summed E-state index contributed by atoms with van der Waals surface area (Å²) in [5, 5.41) is 0.526. The number of hydroxylamine groups is 2. The Kier molecular flexibility index (Phi) is 6.53. The molecule has 3 heterocycles. The number of ether oxygens (including phenoxy) is 1. The number of fused-ring (bicyclic) bond motifs is 2. The van der Waals surface area contributed by atoms with E-state index in [1.165, 1.54) is 4.90 Å². The Bertz CT molecular complexity index is 903. The second-order valence-corrected chi connectivity index (χ2v) is 9.82. The molecule has 2 bridgehead atoms. The average molecular weight is 477 g/mol. The molecule has 3 fully saturated rings. The summed E-state index contributed by atoms with van der Waals surface area (Å²) in [4.78, 5) is 52.3. The molecule has 32 heavy (non-hydrogen) atoms. The van der Waals surface area contributed by atoms with Gasteiger partial charge >= 0.3 is 22.5 Å². The van der Waals surface area contributed by atoms with Crippen LogP contribution in [-0.4, -0.2) is 88.6 Å². The standard InChI is InChI=1S/C17H27N5O9S/c1-17(2,3)30-16(26)20-8-4-5-11(20)13(23)18-19-14(24)12-7-6-10-9-21(12)15(25)22(10)31-32(27,28)29/h10-12H,4-9H2,1-3H3,(H,18,23)(H,19,24)(H,27,28,29)/t10?,11-,12?/m0/s1. The molecule has 2 unspecified atom stereocenters. The van der Waals surface area contributed by atoms with Gasteiger partial charge in [0.05, 0.1) is 6.04 Å². The fourth-order valence-corrected chi connectivity index (χ4v) is 4.36. The lowest BCUT2D eigenvalue weighted by Gasteiger charge is -2.30. The molecule has 14 nitrogen and oxygen atoms in total. The molecule has 0 aromatic carbocycles. The van der Waals surface area contributed by atoms with E-state index in [9.17, 15) is 27.6 Å². The largest absolute Gasteiger partial charge is 0.444 e. The van der Waals surface area contributed by atoms with Crippen LogP contribution in [0.5, 0.6) is 0 Å². The second kappa shape index (κ2) is 8.71. The molecule has 5 amide bonds. The number of nitrogens with one attached hydrogen (secondary N) is 2. The van der Waals surface area contributed by atoms with Crippen molar-refractivity contribution in [3.8, 4) is 0 Å². The summed E-state index contributed by atoms with van der Waals surface area (Å²) in [5.41, 5.74) is 3.83. The third-order valence-electron chi connectivity index (χ3n) is 5.29. The zero-order valence-corrected chi connectivity index (χ0v) is 18.8. The Balaban J connectivity index is 1.56. The van der Waals surface area contributed by atoms with Crippen LogP contribution in [0.3, 0.4) is 0 Å². The second-order valence-electron chi connectivity index (χ2n) is 8.82. The first-order valence-electron chi connectivity index (χ1n) is 10.1. The van der Waals surface area contributed by atoms with Gasteiger partial charge in [0.2, 0.25) is 0 Å². The van der Waals surface area contributed by atoms with Crippen LogP contribution in [0.25, 0.3) is 0 Å². The molecule has 3 aliphatic heterocycles. The molecule has 3 aliphatic rings. The van der Waals surface area contributed by atoms with Crippen LogP contribution >= 0.6 is 0 Å². The van der Waals surface area contributed by atoms with Gasteiger partial charge in [0, 0.05) is 13.1 Å². The van der Waals surface area contributed by atoms with Crippen LogP contribution < -0.4 is 10.9 Å². The first-order valence-corrected chi connectivity index (χ1v) is 11.5. The highest BCUT2D eigenvalue weighted by Gasteiger charge is 2.49. The van der Waals surface area contributed by atoms with Gasteiger partial charge in [-0.05, 0) is 46.5 Å². The number of hydrogen-bond acceptors (Lipinski definition) is 8. The van der Waals surface area contributed by atoms with E-state index in [0.717, 1.165) is 4.90 Å². The molecule has 180 valence electrons. The summed E-state index contributed by atoms with van der Waals surface area (Å²) in [5.74, 6) is -1.28. The van der Waals surface area contributed by atoms with Crippen molar-refractivity contribution >= 4 is 34.3 Å². The number of nitrogens with zero attached hydrogens (tertiary/aromatic N) is 3. The van der Waals surface area contributed by atoms with Crippen molar-refractivity contribution in [3.63, 3.8) is 0 Å². The summed E-state index contributed by atoms with van der Waals surface area (Å²) in [7, 11) is -4.89. The minimum Gasteiger partial charge on any atom is -0.444 e. The normalized spacial score (nSPS) is 25.7. The molecule has 3 atom stereocenters. The Morgan fingerprint density at radius 1 is 1.06 bits per heavy atom. The van der Waals surface area contributed by atoms with Gasteiger partial charge in [0.25, 0.3) is 11.8 Å². The van der Waals surface area contributed by atoms with E-state index in [1.54, 1.807) is 20.8 Å². The molecule has 3 rings (SSSR count). The molecule has 3 N–H and O–H groups in total. The van der Waals surface area contributed by atoms with Crippen LogP contribution in [0.4, 0.5) is 9.59 Å². The zero-order chi connectivity index (χ0) is 23.8. The number of piperidine rings is 1. The fourth-order valence-electron chi connectivity index (χ4n) is 3.97. The molecular weight excluding hydrogens is 450 g/mol. The van der Waals surface area contributed by atoms with Gasteiger partial charge in [-0.25, -0.2) is 9.59 Å². The maximum absolute atomic E-state index is 12.6. The van der Waals surface area contributed by atoms with Gasteiger partial charge < -0.3 is 9.64 Å². The highest BCUT2D eigenvalue weighted by Crippen LogP contribution is 2.30. The van der Waals surface area contributed by atoms with Gasteiger partial charge in [-0.2, -0.15) is 13.5 Å². The monoisotopic (exact) mass is 477 g/mol. The summed E-state index contributed by atoms with van der Waals surface area (Å²) >= 11 is 0. The lowest BCUT2D eigenvalue weighted by atomic mass is 10.0. The van der Waals surface area contributed by atoms with E-state index in [4.69, 9.17) is 9.29 Å². The number of likely N-dealkylation sites (tertiary alicyclic amines) is 1. The first kappa shape index (κ1) is 24.0. The number of carbonyl (C=O) groups excluding carboxylic acids is 4. The maximum Gasteiger partial charge on any atom is 0.418 e. The van der Waals surface area contributed by atoms with E-state index in [1.807, 2.05) is 0 Å². The zero-order valence-electron chi connectivity index (χ0n) is 17.9. The molecule has 0 aromatic rings. The van der Waals surface area contributed by atoms with Crippen LogP contribution in [0, 0.1) is 0 Å². The van der Waals surface area contributed by atoms with E-state index in [2.05, 4.69) is 15.1 Å². The maximum atomic E-state index is 12.6. The van der Waals surface area contributed by atoms with Crippen molar-refractivity contribution in [1.29, 1.82) is 0 Å². The Labute approximate surface area is 185 Å². The number of hydrogen-bond donors (Lipinski definition) is 3. The summed E-state index contributed by atoms with van der Waals surface area (Å²) in [6.07, 6.45) is 0.816. The molecule has 3 saturated heterocycles. The van der Waals surface area contributed by atoms with E-state index in [0.29, 0.717) is 24.4 Å². The predicted octanol–water partition coefficient (Wildman–Crippen LogP) is -0.464. The molecule has 0 saturated carbocycles. The lowest BCUT2D eigenvalue weighted by Crippen LogP contribution is -2.57. The van der Waals surface area contributed by atoms with Crippen molar-refractivity contribution in [1.82, 2.24) is 25.7 Å². The number of urea groups is 1. The van der Waals surface area contributed by atoms with E-state index < -0.39 is 58.1 Å². The third kappa shape index (κ3) is 5.39. The summed E-state index contributed by atoms with van der Waals surface area (Å²) in [6.45, 7) is 5.51. The van der Waals surface area contributed by atoms with Crippen LogP contribution in [0.1, 0.15) is 46.5 Å². The van der Waals surface area contributed by atoms with Crippen molar-refractivity contribution in [3.05, 3.63) is 0 Å². The fraction of sp³-hybridized carbons (Fsp3) is 0.765. The Hall–Kier alpha value is -2.65. The number of rotatable bonds is 4. The van der Waals surface area contributed by atoms with Gasteiger partial charge in [0.15, 0.2) is 0 Å². The Morgan fingerprint density at radius 2 is 1.69 bits per heavy atom. The molecule has 0 spiro atoms. The van der Waals surface area contributed by atoms with Crippen molar-refractivity contribution < 1.29 is 41.2 Å². The van der Waals surface area contributed by atoms with E-state index in [-0.39, 0.29) is 19.4 Å². The van der Waals surface area contributed by atoms with Gasteiger partial charge in [-0.1, -0.05) is 0 Å². The average Bonchev–Trinajstić information content (AvgIpc) is 3.24. The third-order valence-corrected chi connectivity index (χ3v) is 5.64. The minimum absolute atomic E-state index is 0.0232. The smallest absolute Gasteiger partial charge is 0.418 e. The summed E-state index contributed by atoms with van der Waals surface area (Å²) < 4.78 is 40.4. The summed E-state index contributed by atoms with van der Waals surface area (Å²) in [6, 6.07) is -3.31. The molecule has 0 radical (unpaired) electrons. The van der Waals surface area contributed by atoms with Gasteiger partial charge in [0.1, 0.15) is 17.7 Å². The molecule has 0 aliphatic carbocycles. The highest BCUT2D eigenvalue weighted by molar-refractivity contribution is 7.80. The number of hydrazine groups is 1.